The van der Waals surface area contributed by atoms with Crippen molar-refractivity contribution >= 4 is 23.5 Å². The van der Waals surface area contributed by atoms with E-state index < -0.39 is 18.0 Å². The fraction of sp³-hybridized carbons (Fsp3) is 0.778. The molecule has 140 valence electrons. The van der Waals surface area contributed by atoms with Crippen molar-refractivity contribution < 1.29 is 19.2 Å². The van der Waals surface area contributed by atoms with Gasteiger partial charge in [-0.05, 0) is 31.1 Å². The summed E-state index contributed by atoms with van der Waals surface area (Å²) < 4.78 is 0. The highest BCUT2D eigenvalue weighted by atomic mass is 16.2. The van der Waals surface area contributed by atoms with Gasteiger partial charge in [-0.3, -0.25) is 19.2 Å². The van der Waals surface area contributed by atoms with Crippen LogP contribution >= 0.6 is 0 Å². The van der Waals surface area contributed by atoms with Crippen molar-refractivity contribution in [3.05, 3.63) is 0 Å². The van der Waals surface area contributed by atoms with Gasteiger partial charge in [-0.1, -0.05) is 20.8 Å². The second kappa shape index (κ2) is 7.97. The highest BCUT2D eigenvalue weighted by Gasteiger charge is 2.39. The smallest absolute Gasteiger partial charge is 0.245 e. The maximum absolute atomic E-state index is 12.9. The molecule has 0 aromatic carbocycles. The molecule has 1 aliphatic carbocycles. The van der Waals surface area contributed by atoms with E-state index >= 15 is 0 Å². The normalized spacial score (nSPS) is 27.6. The van der Waals surface area contributed by atoms with Crippen molar-refractivity contribution in [1.82, 2.24) is 10.2 Å². The lowest BCUT2D eigenvalue weighted by Crippen LogP contribution is -2.54. The van der Waals surface area contributed by atoms with Crippen LogP contribution in [0.3, 0.4) is 0 Å². The molecule has 1 aliphatic heterocycles. The molecule has 7 heteroatoms. The van der Waals surface area contributed by atoms with Gasteiger partial charge in [-0.2, -0.15) is 0 Å². The van der Waals surface area contributed by atoms with Crippen LogP contribution < -0.4 is 11.1 Å². The molecule has 0 aromatic heterocycles. The molecule has 0 radical (unpaired) electrons. The SMILES string of the molecule is CC(C)C[C@H](NC(=O)[C@H]1CC(=O)C[C@H]1C)C(=O)N1CCC[C@H]1C(N)=O. The summed E-state index contributed by atoms with van der Waals surface area (Å²) in [6, 6.07) is -1.28. The van der Waals surface area contributed by atoms with Crippen molar-refractivity contribution in [2.45, 2.75) is 65.0 Å². The molecule has 0 aromatic rings. The molecular formula is C18H29N3O4. The van der Waals surface area contributed by atoms with E-state index in [-0.39, 0.29) is 41.8 Å². The van der Waals surface area contributed by atoms with Crippen LogP contribution in [0.1, 0.15) is 52.9 Å². The summed E-state index contributed by atoms with van der Waals surface area (Å²) in [4.78, 5) is 50.2. The molecule has 4 atom stereocenters. The number of hydrogen-bond acceptors (Lipinski definition) is 4. The molecule has 0 bridgehead atoms. The minimum absolute atomic E-state index is 0.00698. The Morgan fingerprint density at radius 1 is 1.28 bits per heavy atom. The van der Waals surface area contributed by atoms with Crippen LogP contribution in [0.2, 0.25) is 0 Å². The van der Waals surface area contributed by atoms with Crippen LogP contribution in [0.25, 0.3) is 0 Å². The molecule has 1 saturated carbocycles. The maximum Gasteiger partial charge on any atom is 0.245 e. The van der Waals surface area contributed by atoms with Gasteiger partial charge in [0.15, 0.2) is 0 Å². The number of nitrogens with zero attached hydrogens (tertiary/aromatic N) is 1. The number of amides is 3. The first-order valence-electron chi connectivity index (χ1n) is 9.12. The molecule has 0 spiro atoms. The quantitative estimate of drug-likeness (QED) is 0.730. The number of carbonyl (C=O) groups excluding carboxylic acids is 4. The highest BCUT2D eigenvalue weighted by molar-refractivity contribution is 5.95. The van der Waals surface area contributed by atoms with Crippen molar-refractivity contribution in [3.8, 4) is 0 Å². The first kappa shape index (κ1) is 19.4. The summed E-state index contributed by atoms with van der Waals surface area (Å²) in [5, 5.41) is 2.84. The van der Waals surface area contributed by atoms with E-state index in [2.05, 4.69) is 5.32 Å². The van der Waals surface area contributed by atoms with Gasteiger partial charge < -0.3 is 16.0 Å². The van der Waals surface area contributed by atoms with Crippen LogP contribution in [0.5, 0.6) is 0 Å². The number of rotatable bonds is 6. The average Bonchev–Trinajstić information content (AvgIpc) is 3.11. The third-order valence-corrected chi connectivity index (χ3v) is 5.21. The summed E-state index contributed by atoms with van der Waals surface area (Å²) in [5.74, 6) is -1.09. The Hall–Kier alpha value is -1.92. The van der Waals surface area contributed by atoms with E-state index in [0.29, 0.717) is 25.8 Å². The van der Waals surface area contributed by atoms with Crippen molar-refractivity contribution in [3.63, 3.8) is 0 Å². The number of carbonyl (C=O) groups is 4. The van der Waals surface area contributed by atoms with Crippen molar-refractivity contribution in [2.75, 3.05) is 6.54 Å². The monoisotopic (exact) mass is 351 g/mol. The number of likely N-dealkylation sites (tertiary alicyclic amines) is 1. The van der Waals surface area contributed by atoms with E-state index in [1.165, 1.54) is 4.90 Å². The summed E-state index contributed by atoms with van der Waals surface area (Å²) in [6.45, 7) is 6.32. The number of nitrogens with two attached hydrogens (primary N) is 1. The zero-order valence-corrected chi connectivity index (χ0v) is 15.3. The van der Waals surface area contributed by atoms with Crippen LogP contribution in [-0.4, -0.2) is 47.0 Å². The Morgan fingerprint density at radius 3 is 2.48 bits per heavy atom. The summed E-state index contributed by atoms with van der Waals surface area (Å²) >= 11 is 0. The fourth-order valence-electron chi connectivity index (χ4n) is 3.88. The molecule has 3 N–H and O–H groups in total. The number of primary amides is 1. The average molecular weight is 351 g/mol. The molecule has 3 amide bonds. The lowest BCUT2D eigenvalue weighted by atomic mass is 9.95. The van der Waals surface area contributed by atoms with Crippen LogP contribution in [0, 0.1) is 17.8 Å². The Morgan fingerprint density at radius 2 is 1.96 bits per heavy atom. The van der Waals surface area contributed by atoms with Gasteiger partial charge in [0.05, 0.1) is 0 Å². The Labute approximate surface area is 148 Å². The molecule has 1 saturated heterocycles. The third-order valence-electron chi connectivity index (χ3n) is 5.21. The standard InChI is InChI=1S/C18H29N3O4/c1-10(2)7-14(18(25)21-6-4-5-15(21)16(19)23)20-17(24)13-9-12(22)8-11(13)3/h10-11,13-15H,4-9H2,1-3H3,(H2,19,23)(H,20,24)/t11-,13+,14+,15+/m1/s1. The number of ketones is 1. The van der Waals surface area contributed by atoms with Crippen LogP contribution in [0.4, 0.5) is 0 Å². The number of hydrogen-bond donors (Lipinski definition) is 2. The topological polar surface area (TPSA) is 110 Å². The van der Waals surface area contributed by atoms with E-state index in [0.717, 1.165) is 6.42 Å². The molecule has 2 aliphatic rings. The minimum Gasteiger partial charge on any atom is -0.368 e. The predicted molar refractivity (Wildman–Crippen MR) is 92.2 cm³/mol. The lowest BCUT2D eigenvalue weighted by molar-refractivity contribution is -0.141. The molecule has 0 unspecified atom stereocenters. The Kier molecular flexibility index (Phi) is 6.19. The van der Waals surface area contributed by atoms with E-state index in [1.54, 1.807) is 0 Å². The van der Waals surface area contributed by atoms with Gasteiger partial charge in [0.2, 0.25) is 17.7 Å². The zero-order valence-electron chi connectivity index (χ0n) is 15.3. The number of Topliss-reactive ketones (excluding diaryl/α,β-unsaturated/α-hetero) is 1. The molecule has 1 heterocycles. The van der Waals surface area contributed by atoms with Crippen LogP contribution in [-0.2, 0) is 19.2 Å². The fourth-order valence-corrected chi connectivity index (χ4v) is 3.88. The van der Waals surface area contributed by atoms with Gasteiger partial charge in [0, 0.05) is 25.3 Å². The first-order chi connectivity index (χ1) is 11.7. The van der Waals surface area contributed by atoms with Gasteiger partial charge in [-0.25, -0.2) is 0 Å². The Bertz CT molecular complexity index is 561. The summed E-state index contributed by atoms with van der Waals surface area (Å²) in [6.07, 6.45) is 2.44. The zero-order chi connectivity index (χ0) is 18.7. The Balaban J connectivity index is 2.10. The second-order valence-corrected chi connectivity index (χ2v) is 7.81. The predicted octanol–water partition coefficient (Wildman–Crippen LogP) is 0.609. The van der Waals surface area contributed by atoms with E-state index in [9.17, 15) is 19.2 Å². The van der Waals surface area contributed by atoms with E-state index in [4.69, 9.17) is 5.73 Å². The largest absolute Gasteiger partial charge is 0.368 e. The lowest BCUT2D eigenvalue weighted by Gasteiger charge is -2.29. The minimum atomic E-state index is -0.685. The highest BCUT2D eigenvalue weighted by Crippen LogP contribution is 2.29. The van der Waals surface area contributed by atoms with Crippen molar-refractivity contribution in [1.29, 1.82) is 0 Å². The van der Waals surface area contributed by atoms with Crippen LogP contribution in [0.15, 0.2) is 0 Å². The maximum atomic E-state index is 12.9. The van der Waals surface area contributed by atoms with E-state index in [1.807, 2.05) is 20.8 Å². The third kappa shape index (κ3) is 4.58. The molecule has 25 heavy (non-hydrogen) atoms. The van der Waals surface area contributed by atoms with Gasteiger partial charge in [-0.15, -0.1) is 0 Å². The molecular weight excluding hydrogens is 322 g/mol. The van der Waals surface area contributed by atoms with Crippen molar-refractivity contribution in [2.24, 2.45) is 23.5 Å². The second-order valence-electron chi connectivity index (χ2n) is 7.81. The van der Waals surface area contributed by atoms with Gasteiger partial charge in [0.1, 0.15) is 17.9 Å². The first-order valence-corrected chi connectivity index (χ1v) is 9.12. The molecule has 7 nitrogen and oxygen atoms in total. The summed E-state index contributed by atoms with van der Waals surface area (Å²) in [5.41, 5.74) is 5.40. The van der Waals surface area contributed by atoms with Gasteiger partial charge in [0.25, 0.3) is 0 Å². The summed E-state index contributed by atoms with van der Waals surface area (Å²) in [7, 11) is 0. The molecule has 2 rings (SSSR count). The van der Waals surface area contributed by atoms with Gasteiger partial charge >= 0.3 is 0 Å². The number of nitrogens with one attached hydrogen (secondary N) is 1. The molecule has 2 fully saturated rings.